The van der Waals surface area contributed by atoms with E-state index in [1.807, 2.05) is 0 Å². The number of likely N-dealkylation sites (tertiary alicyclic amines) is 1. The molecule has 2 aromatic rings. The highest BCUT2D eigenvalue weighted by molar-refractivity contribution is 5.93. The molecule has 1 fully saturated rings. The Morgan fingerprint density at radius 2 is 2.13 bits per heavy atom. The fourth-order valence-corrected chi connectivity index (χ4v) is 2.84. The second-order valence-electron chi connectivity index (χ2n) is 5.56. The van der Waals surface area contributed by atoms with Gasteiger partial charge in [0.25, 0.3) is 5.91 Å². The summed E-state index contributed by atoms with van der Waals surface area (Å²) in [4.78, 5) is 14.1. The summed E-state index contributed by atoms with van der Waals surface area (Å²) in [6, 6.07) is 2.22. The molecule has 0 radical (unpaired) electrons. The zero-order valence-electron chi connectivity index (χ0n) is 12.6. The van der Waals surface area contributed by atoms with Crippen molar-refractivity contribution in [3.05, 3.63) is 35.0 Å². The number of aromatic nitrogens is 3. The molecule has 6 nitrogen and oxygen atoms in total. The van der Waals surface area contributed by atoms with Gasteiger partial charge in [0.1, 0.15) is 17.1 Å². The number of aryl methyl sites for hydroxylation is 2. The number of nitrogens with zero attached hydrogens (tertiary/aromatic N) is 4. The van der Waals surface area contributed by atoms with Crippen molar-refractivity contribution in [2.24, 2.45) is 7.05 Å². The fraction of sp³-hybridized carbons (Fsp3) is 0.500. The van der Waals surface area contributed by atoms with Crippen LogP contribution in [0.1, 0.15) is 46.5 Å². The van der Waals surface area contributed by atoms with Crippen LogP contribution < -0.4 is 0 Å². The Morgan fingerprint density at radius 1 is 1.39 bits per heavy atom. The predicted octanol–water partition coefficient (Wildman–Crippen LogP) is 2.71. The average molecular weight is 328 g/mol. The molecule has 1 aliphatic heterocycles. The number of carbonyl (C=O) groups excluding carboxylic acids is 1. The molecule has 9 heteroatoms. The van der Waals surface area contributed by atoms with Crippen LogP contribution in [-0.4, -0.2) is 32.3 Å². The fourth-order valence-electron chi connectivity index (χ4n) is 2.84. The Labute approximate surface area is 129 Å². The molecule has 3 heterocycles. The van der Waals surface area contributed by atoms with E-state index in [4.69, 9.17) is 4.52 Å². The normalized spacial score (nSPS) is 18.7. The number of halogens is 3. The third-order valence-corrected chi connectivity index (χ3v) is 3.89. The number of carbonyl (C=O) groups is 1. The third-order valence-electron chi connectivity index (χ3n) is 3.89. The first-order valence-electron chi connectivity index (χ1n) is 7.13. The van der Waals surface area contributed by atoms with Gasteiger partial charge in [-0.3, -0.25) is 9.48 Å². The molecule has 0 spiro atoms. The van der Waals surface area contributed by atoms with Gasteiger partial charge < -0.3 is 9.42 Å². The van der Waals surface area contributed by atoms with Crippen LogP contribution in [-0.2, 0) is 13.2 Å². The minimum absolute atomic E-state index is 0.216. The van der Waals surface area contributed by atoms with E-state index in [1.54, 1.807) is 13.0 Å². The molecule has 1 aliphatic rings. The molecule has 1 saturated heterocycles. The van der Waals surface area contributed by atoms with Gasteiger partial charge in [0, 0.05) is 25.7 Å². The van der Waals surface area contributed by atoms with Crippen molar-refractivity contribution in [1.29, 1.82) is 0 Å². The van der Waals surface area contributed by atoms with Crippen LogP contribution >= 0.6 is 0 Å². The minimum Gasteiger partial charge on any atom is -0.361 e. The quantitative estimate of drug-likeness (QED) is 0.850. The van der Waals surface area contributed by atoms with Crippen LogP contribution in [0.3, 0.4) is 0 Å². The van der Waals surface area contributed by atoms with E-state index in [9.17, 15) is 18.0 Å². The highest BCUT2D eigenvalue weighted by atomic mass is 19.4. The first kappa shape index (κ1) is 15.6. The number of alkyl halides is 3. The zero-order chi connectivity index (χ0) is 16.8. The first-order chi connectivity index (χ1) is 10.8. The number of amides is 1. The van der Waals surface area contributed by atoms with Gasteiger partial charge in [-0.15, -0.1) is 0 Å². The predicted molar refractivity (Wildman–Crippen MR) is 72.5 cm³/mol. The number of hydrogen-bond acceptors (Lipinski definition) is 4. The molecular weight excluding hydrogens is 313 g/mol. The molecule has 0 aromatic carbocycles. The van der Waals surface area contributed by atoms with Crippen molar-refractivity contribution in [1.82, 2.24) is 19.8 Å². The topological polar surface area (TPSA) is 64.2 Å². The van der Waals surface area contributed by atoms with E-state index in [0.29, 0.717) is 29.1 Å². The summed E-state index contributed by atoms with van der Waals surface area (Å²) in [5.41, 5.74) is -0.554. The van der Waals surface area contributed by atoms with Crippen LogP contribution in [0, 0.1) is 6.92 Å². The summed E-state index contributed by atoms with van der Waals surface area (Å²) < 4.78 is 44.2. The van der Waals surface area contributed by atoms with Gasteiger partial charge in [-0.05, 0) is 19.8 Å². The van der Waals surface area contributed by atoms with Crippen molar-refractivity contribution in [2.45, 2.75) is 32.0 Å². The summed E-state index contributed by atoms with van der Waals surface area (Å²) >= 11 is 0. The van der Waals surface area contributed by atoms with Gasteiger partial charge in [0.05, 0.1) is 6.04 Å². The molecule has 124 valence electrons. The molecule has 0 saturated carbocycles. The Bertz CT molecular complexity index is 735. The van der Waals surface area contributed by atoms with E-state index in [-0.39, 0.29) is 11.7 Å². The summed E-state index contributed by atoms with van der Waals surface area (Å²) in [5.74, 6) is 0.0933. The maximum atomic E-state index is 12.8. The molecule has 1 atom stereocenters. The minimum atomic E-state index is -4.55. The largest absolute Gasteiger partial charge is 0.433 e. The van der Waals surface area contributed by atoms with Gasteiger partial charge in [-0.2, -0.15) is 18.3 Å². The van der Waals surface area contributed by atoms with Gasteiger partial charge >= 0.3 is 6.18 Å². The number of hydrogen-bond donors (Lipinski definition) is 0. The SMILES string of the molecule is Cc1cc([C@@H]2CCCN2C(=O)c2cc(C(F)(F)F)n(C)n2)no1. The van der Waals surface area contributed by atoms with Crippen LogP contribution in [0.5, 0.6) is 0 Å². The highest BCUT2D eigenvalue weighted by Gasteiger charge is 2.38. The summed E-state index contributed by atoms with van der Waals surface area (Å²) in [5, 5.41) is 7.63. The number of rotatable bonds is 2. The van der Waals surface area contributed by atoms with E-state index in [0.717, 1.165) is 12.5 Å². The Kier molecular flexibility index (Phi) is 3.65. The van der Waals surface area contributed by atoms with Gasteiger partial charge in [-0.1, -0.05) is 5.16 Å². The molecule has 2 aromatic heterocycles. The van der Waals surface area contributed by atoms with E-state index in [1.165, 1.54) is 11.9 Å². The van der Waals surface area contributed by atoms with Crippen molar-refractivity contribution in [3.8, 4) is 0 Å². The molecule has 3 rings (SSSR count). The Balaban J connectivity index is 1.88. The first-order valence-corrected chi connectivity index (χ1v) is 7.13. The summed E-state index contributed by atoms with van der Waals surface area (Å²) in [6.07, 6.45) is -3.11. The smallest absolute Gasteiger partial charge is 0.361 e. The van der Waals surface area contributed by atoms with E-state index in [2.05, 4.69) is 10.3 Å². The van der Waals surface area contributed by atoms with Gasteiger partial charge in [-0.25, -0.2) is 0 Å². The molecule has 1 amide bonds. The molecule has 23 heavy (non-hydrogen) atoms. The van der Waals surface area contributed by atoms with Crippen molar-refractivity contribution in [2.75, 3.05) is 6.54 Å². The van der Waals surface area contributed by atoms with Crippen molar-refractivity contribution in [3.63, 3.8) is 0 Å². The van der Waals surface area contributed by atoms with Crippen LogP contribution in [0.25, 0.3) is 0 Å². The van der Waals surface area contributed by atoms with E-state index >= 15 is 0 Å². The summed E-state index contributed by atoms with van der Waals surface area (Å²) in [7, 11) is 1.17. The second kappa shape index (κ2) is 5.39. The van der Waals surface area contributed by atoms with Crippen LogP contribution in [0.15, 0.2) is 16.7 Å². The average Bonchev–Trinajstić information content (AvgIpc) is 3.15. The van der Waals surface area contributed by atoms with Gasteiger partial charge in [0.2, 0.25) is 0 Å². The van der Waals surface area contributed by atoms with Crippen molar-refractivity contribution < 1.29 is 22.5 Å². The third kappa shape index (κ3) is 2.82. The van der Waals surface area contributed by atoms with E-state index < -0.39 is 17.8 Å². The second-order valence-corrected chi connectivity index (χ2v) is 5.56. The Morgan fingerprint density at radius 3 is 2.70 bits per heavy atom. The highest BCUT2D eigenvalue weighted by Crippen LogP contribution is 2.34. The monoisotopic (exact) mass is 328 g/mol. The maximum absolute atomic E-state index is 12.8. The maximum Gasteiger partial charge on any atom is 0.433 e. The van der Waals surface area contributed by atoms with Crippen molar-refractivity contribution >= 4 is 5.91 Å². The molecular formula is C14H15F3N4O2. The lowest BCUT2D eigenvalue weighted by Crippen LogP contribution is -2.31. The summed E-state index contributed by atoms with van der Waals surface area (Å²) in [6.45, 7) is 2.19. The molecule has 0 aliphatic carbocycles. The standard InChI is InChI=1S/C14H15F3N4O2/c1-8-6-9(19-23-8)11-4-3-5-21(11)13(22)10-7-12(14(15,16)17)20(2)18-10/h6-7,11H,3-5H2,1-2H3/t11-/m0/s1. The lowest BCUT2D eigenvalue weighted by atomic mass is 10.1. The molecule has 0 unspecified atom stereocenters. The molecule has 0 N–H and O–H groups in total. The molecule has 0 bridgehead atoms. The lowest BCUT2D eigenvalue weighted by Gasteiger charge is -2.21. The lowest BCUT2D eigenvalue weighted by molar-refractivity contribution is -0.143. The van der Waals surface area contributed by atoms with Gasteiger partial charge in [0.15, 0.2) is 5.69 Å². The zero-order valence-corrected chi connectivity index (χ0v) is 12.6. The Hall–Kier alpha value is -2.32. The van der Waals surface area contributed by atoms with Crippen LogP contribution in [0.2, 0.25) is 0 Å². The van der Waals surface area contributed by atoms with Crippen LogP contribution in [0.4, 0.5) is 13.2 Å².